The highest BCUT2D eigenvalue weighted by Gasteiger charge is 2.41. The van der Waals surface area contributed by atoms with Crippen LogP contribution < -0.4 is 14.4 Å². The SMILES string of the molecule is COc1ccc(N2CCC(O)(CN3CCN(C(C)=O)CC(O)(COc4ccc(F)c(C)c4)C3)CC2)cc1. The fourth-order valence-electron chi connectivity index (χ4n) is 5.21. The van der Waals surface area contributed by atoms with E-state index in [-0.39, 0.29) is 31.4 Å². The van der Waals surface area contributed by atoms with E-state index < -0.39 is 11.2 Å². The van der Waals surface area contributed by atoms with Gasteiger partial charge in [0.1, 0.15) is 29.5 Å². The molecule has 2 N–H and O–H groups in total. The Bertz CT molecular complexity index is 1070. The van der Waals surface area contributed by atoms with E-state index in [1.165, 1.54) is 19.1 Å². The molecule has 2 aromatic carbocycles. The number of anilines is 1. The van der Waals surface area contributed by atoms with Gasteiger partial charge in [0.25, 0.3) is 0 Å². The largest absolute Gasteiger partial charge is 0.497 e. The van der Waals surface area contributed by atoms with Gasteiger partial charge in [0.05, 0.1) is 19.3 Å². The van der Waals surface area contributed by atoms with Gasteiger partial charge in [-0.05, 0) is 67.8 Å². The predicted octanol–water partition coefficient (Wildman–Crippen LogP) is 2.45. The number of ether oxygens (including phenoxy) is 2. The third-order valence-electron chi connectivity index (χ3n) is 7.42. The number of carbonyl (C=O) groups excluding carboxylic acids is 1. The minimum absolute atomic E-state index is 0.0535. The number of hydrogen-bond donors (Lipinski definition) is 2. The highest BCUT2D eigenvalue weighted by molar-refractivity contribution is 5.73. The van der Waals surface area contributed by atoms with Gasteiger partial charge >= 0.3 is 0 Å². The quantitative estimate of drug-likeness (QED) is 0.586. The molecule has 0 aliphatic carbocycles. The number of benzene rings is 2. The van der Waals surface area contributed by atoms with Gasteiger partial charge in [0, 0.05) is 51.9 Å². The second kappa shape index (κ2) is 11.2. The molecule has 2 fully saturated rings. The lowest BCUT2D eigenvalue weighted by Crippen LogP contribution is -2.55. The van der Waals surface area contributed by atoms with E-state index in [2.05, 4.69) is 4.90 Å². The van der Waals surface area contributed by atoms with E-state index in [4.69, 9.17) is 9.47 Å². The Morgan fingerprint density at radius 3 is 2.27 bits per heavy atom. The summed E-state index contributed by atoms with van der Waals surface area (Å²) in [7, 11) is 1.64. The number of nitrogens with zero attached hydrogens (tertiary/aromatic N) is 3. The molecule has 8 nitrogen and oxygen atoms in total. The first kappa shape index (κ1) is 27.2. The normalized spacial score (nSPS) is 22.4. The van der Waals surface area contributed by atoms with Crippen LogP contribution in [0.4, 0.5) is 10.1 Å². The van der Waals surface area contributed by atoms with Crippen LogP contribution >= 0.6 is 0 Å². The molecule has 4 rings (SSSR count). The summed E-state index contributed by atoms with van der Waals surface area (Å²) in [5, 5.41) is 23.0. The van der Waals surface area contributed by atoms with Gasteiger partial charge < -0.3 is 29.5 Å². The average molecular weight is 516 g/mol. The van der Waals surface area contributed by atoms with E-state index in [0.717, 1.165) is 11.4 Å². The number of hydrogen-bond acceptors (Lipinski definition) is 7. The van der Waals surface area contributed by atoms with Crippen LogP contribution in [0.2, 0.25) is 0 Å². The minimum atomic E-state index is -1.34. The van der Waals surface area contributed by atoms with Crippen LogP contribution in [0.1, 0.15) is 25.3 Å². The summed E-state index contributed by atoms with van der Waals surface area (Å²) in [4.78, 5) is 18.1. The highest BCUT2D eigenvalue weighted by atomic mass is 19.1. The fourth-order valence-corrected chi connectivity index (χ4v) is 5.21. The monoisotopic (exact) mass is 515 g/mol. The Balaban J connectivity index is 1.40. The Morgan fingerprint density at radius 1 is 0.973 bits per heavy atom. The van der Waals surface area contributed by atoms with Crippen LogP contribution in [0, 0.1) is 12.7 Å². The summed E-state index contributed by atoms with van der Waals surface area (Å²) in [6.07, 6.45) is 1.19. The smallest absolute Gasteiger partial charge is 0.219 e. The first-order chi connectivity index (χ1) is 17.6. The van der Waals surface area contributed by atoms with Crippen molar-refractivity contribution in [1.82, 2.24) is 9.80 Å². The zero-order chi connectivity index (χ0) is 26.6. The van der Waals surface area contributed by atoms with Gasteiger partial charge in [0.15, 0.2) is 0 Å². The zero-order valence-electron chi connectivity index (χ0n) is 22.0. The Labute approximate surface area is 218 Å². The zero-order valence-corrected chi connectivity index (χ0v) is 22.0. The van der Waals surface area contributed by atoms with Crippen molar-refractivity contribution in [2.75, 3.05) is 64.4 Å². The number of rotatable bonds is 7. The van der Waals surface area contributed by atoms with Gasteiger partial charge in [-0.2, -0.15) is 0 Å². The summed E-state index contributed by atoms with van der Waals surface area (Å²) in [5.41, 5.74) is -0.688. The summed E-state index contributed by atoms with van der Waals surface area (Å²) in [6.45, 7) is 6.30. The predicted molar refractivity (Wildman–Crippen MR) is 140 cm³/mol. The van der Waals surface area contributed by atoms with Crippen molar-refractivity contribution < 1.29 is 28.9 Å². The molecule has 0 saturated carbocycles. The maximum atomic E-state index is 13.6. The van der Waals surface area contributed by atoms with Crippen LogP contribution in [0.5, 0.6) is 11.5 Å². The van der Waals surface area contributed by atoms with E-state index in [0.29, 0.717) is 56.9 Å². The van der Waals surface area contributed by atoms with Crippen LogP contribution in [0.15, 0.2) is 42.5 Å². The Hall–Kier alpha value is -2.88. The first-order valence-electron chi connectivity index (χ1n) is 12.8. The molecule has 2 heterocycles. The molecule has 2 aliphatic rings. The molecule has 0 aromatic heterocycles. The lowest BCUT2D eigenvalue weighted by Gasteiger charge is -2.42. The molecule has 1 unspecified atom stereocenters. The molecule has 202 valence electrons. The van der Waals surface area contributed by atoms with Crippen LogP contribution in [-0.2, 0) is 4.79 Å². The second-order valence-electron chi connectivity index (χ2n) is 10.5. The standard InChI is InChI=1S/C28H38FN3O5/c1-21-16-25(8-9-26(21)29)37-20-28(35)18-30(14-15-32(19-28)22(2)33)17-27(34)10-12-31(13-11-27)23-4-6-24(36-3)7-5-23/h4-9,16,34-35H,10-15,17-20H2,1-3H3. The molecule has 1 amide bonds. The molecule has 0 bridgehead atoms. The number of methoxy groups -OCH3 is 1. The molecule has 2 aliphatic heterocycles. The number of carbonyl (C=O) groups is 1. The van der Waals surface area contributed by atoms with Crippen molar-refractivity contribution in [1.29, 1.82) is 0 Å². The van der Waals surface area contributed by atoms with Crippen LogP contribution in [0.3, 0.4) is 0 Å². The second-order valence-corrected chi connectivity index (χ2v) is 10.5. The summed E-state index contributed by atoms with van der Waals surface area (Å²) in [6, 6.07) is 12.4. The van der Waals surface area contributed by atoms with Crippen molar-refractivity contribution in [2.45, 2.75) is 37.9 Å². The van der Waals surface area contributed by atoms with Gasteiger partial charge in [-0.25, -0.2) is 4.39 Å². The van der Waals surface area contributed by atoms with Crippen molar-refractivity contribution in [3.05, 3.63) is 53.8 Å². The molecule has 2 aromatic rings. The van der Waals surface area contributed by atoms with Gasteiger partial charge in [-0.1, -0.05) is 0 Å². The van der Waals surface area contributed by atoms with Crippen molar-refractivity contribution in [3.63, 3.8) is 0 Å². The van der Waals surface area contributed by atoms with Crippen molar-refractivity contribution in [2.24, 2.45) is 0 Å². The Morgan fingerprint density at radius 2 is 1.65 bits per heavy atom. The number of aliphatic hydroxyl groups is 2. The van der Waals surface area contributed by atoms with E-state index in [1.54, 1.807) is 25.0 Å². The topological polar surface area (TPSA) is 85.7 Å². The number of piperidine rings is 1. The van der Waals surface area contributed by atoms with Gasteiger partial charge in [-0.15, -0.1) is 0 Å². The summed E-state index contributed by atoms with van der Waals surface area (Å²) >= 11 is 0. The lowest BCUT2D eigenvalue weighted by molar-refractivity contribution is -0.132. The molecular formula is C28H38FN3O5. The number of amides is 1. The maximum Gasteiger partial charge on any atom is 0.219 e. The molecule has 37 heavy (non-hydrogen) atoms. The van der Waals surface area contributed by atoms with E-state index >= 15 is 0 Å². The van der Waals surface area contributed by atoms with Crippen LogP contribution in [-0.4, -0.2) is 96.7 Å². The van der Waals surface area contributed by atoms with Gasteiger partial charge in [0.2, 0.25) is 5.91 Å². The summed E-state index contributed by atoms with van der Waals surface area (Å²) < 4.78 is 24.7. The molecule has 9 heteroatoms. The van der Waals surface area contributed by atoms with Gasteiger partial charge in [-0.3, -0.25) is 9.69 Å². The number of β-amino-alcohol motifs (C(OH)–C–C–N with tert-alkyl or cyclic N) is 2. The number of halogens is 1. The molecule has 0 spiro atoms. The lowest BCUT2D eigenvalue weighted by atomic mass is 9.90. The highest BCUT2D eigenvalue weighted by Crippen LogP contribution is 2.29. The van der Waals surface area contributed by atoms with Crippen molar-refractivity contribution in [3.8, 4) is 11.5 Å². The van der Waals surface area contributed by atoms with Crippen LogP contribution in [0.25, 0.3) is 0 Å². The first-order valence-corrected chi connectivity index (χ1v) is 12.8. The molecule has 2 saturated heterocycles. The Kier molecular flexibility index (Phi) is 8.26. The maximum absolute atomic E-state index is 13.6. The third kappa shape index (κ3) is 6.91. The third-order valence-corrected chi connectivity index (χ3v) is 7.42. The molecule has 1 atom stereocenters. The minimum Gasteiger partial charge on any atom is -0.497 e. The van der Waals surface area contributed by atoms with E-state index in [9.17, 15) is 19.4 Å². The summed E-state index contributed by atoms with van der Waals surface area (Å²) in [5.74, 6) is 0.830. The van der Waals surface area contributed by atoms with Crippen molar-refractivity contribution >= 4 is 11.6 Å². The molecule has 0 radical (unpaired) electrons. The number of aryl methyl sites for hydroxylation is 1. The average Bonchev–Trinajstić information content (AvgIpc) is 3.04. The van der Waals surface area contributed by atoms with E-state index in [1.807, 2.05) is 29.2 Å². The fraction of sp³-hybridized carbons (Fsp3) is 0.536. The molecular weight excluding hydrogens is 477 g/mol.